The van der Waals surface area contributed by atoms with Crippen LogP contribution in [0.15, 0.2) is 78.2 Å². The Balaban J connectivity index is 1.41. The van der Waals surface area contributed by atoms with Crippen molar-refractivity contribution in [2.75, 3.05) is 26.7 Å². The van der Waals surface area contributed by atoms with E-state index in [1.807, 2.05) is 78.6 Å². The Bertz CT molecular complexity index is 1380. The molecule has 0 saturated carbocycles. The van der Waals surface area contributed by atoms with E-state index in [2.05, 4.69) is 11.4 Å². The quantitative estimate of drug-likeness (QED) is 0.317. The van der Waals surface area contributed by atoms with Gasteiger partial charge in [-0.1, -0.05) is 49.4 Å². The zero-order valence-electron chi connectivity index (χ0n) is 20.6. The minimum Gasteiger partial charge on any atom is -0.497 e. The summed E-state index contributed by atoms with van der Waals surface area (Å²) in [5.41, 5.74) is 2.83. The molecule has 6 heteroatoms. The summed E-state index contributed by atoms with van der Waals surface area (Å²) >= 11 is 1.74. The second-order valence-electron chi connectivity index (χ2n) is 9.10. The number of thiophene rings is 1. The molecule has 1 aliphatic rings. The number of hydrogen-bond acceptors (Lipinski definition) is 4. The van der Waals surface area contributed by atoms with Crippen molar-refractivity contribution in [2.45, 2.75) is 25.8 Å². The van der Waals surface area contributed by atoms with E-state index in [4.69, 9.17) is 4.74 Å². The lowest BCUT2D eigenvalue weighted by molar-refractivity contribution is -0.134. The van der Waals surface area contributed by atoms with Crippen LogP contribution in [-0.2, 0) is 11.2 Å². The highest BCUT2D eigenvalue weighted by Gasteiger charge is 2.34. The molecule has 0 aliphatic carbocycles. The van der Waals surface area contributed by atoms with Crippen LogP contribution in [0.2, 0.25) is 0 Å². The first-order chi connectivity index (χ1) is 17.6. The third-order valence-electron chi connectivity index (χ3n) is 6.82. The van der Waals surface area contributed by atoms with E-state index in [0.29, 0.717) is 18.7 Å². The lowest BCUT2D eigenvalue weighted by atomic mass is 9.93. The molecule has 1 aliphatic heterocycles. The van der Waals surface area contributed by atoms with Crippen LogP contribution in [0, 0.1) is 0 Å². The predicted octanol–water partition coefficient (Wildman–Crippen LogP) is 5.94. The lowest BCUT2D eigenvalue weighted by Crippen LogP contribution is -2.47. The summed E-state index contributed by atoms with van der Waals surface area (Å²) in [7, 11) is 1.65. The van der Waals surface area contributed by atoms with E-state index in [1.54, 1.807) is 23.3 Å². The van der Waals surface area contributed by atoms with Gasteiger partial charge in [0.1, 0.15) is 12.3 Å². The van der Waals surface area contributed by atoms with Crippen LogP contribution >= 0.6 is 11.3 Å². The van der Waals surface area contributed by atoms with Crippen molar-refractivity contribution in [3.05, 3.63) is 99.7 Å². The minimum atomic E-state index is -0.169. The van der Waals surface area contributed by atoms with Gasteiger partial charge < -0.3 is 14.5 Å². The SMILES string of the molecule is CCCN(CC(=O)N1CCc2sccc2C1c1ccc(OC)cc1)C(=O)c1ccc2ccccc2c1. The Morgan fingerprint density at radius 2 is 1.81 bits per heavy atom. The second-order valence-corrected chi connectivity index (χ2v) is 10.1. The molecule has 36 heavy (non-hydrogen) atoms. The van der Waals surface area contributed by atoms with Gasteiger partial charge in [-0.15, -0.1) is 11.3 Å². The summed E-state index contributed by atoms with van der Waals surface area (Å²) in [5.74, 6) is 0.647. The molecule has 0 bridgehead atoms. The summed E-state index contributed by atoms with van der Waals surface area (Å²) < 4.78 is 5.34. The van der Waals surface area contributed by atoms with E-state index in [0.717, 1.165) is 34.9 Å². The fourth-order valence-corrected chi connectivity index (χ4v) is 5.92. The highest BCUT2D eigenvalue weighted by Crippen LogP contribution is 2.38. The zero-order valence-corrected chi connectivity index (χ0v) is 21.5. The molecule has 2 heterocycles. The largest absolute Gasteiger partial charge is 0.497 e. The average Bonchev–Trinajstić information content (AvgIpc) is 3.40. The van der Waals surface area contributed by atoms with Gasteiger partial charge in [0.25, 0.3) is 5.91 Å². The Morgan fingerprint density at radius 3 is 2.56 bits per heavy atom. The first-order valence-electron chi connectivity index (χ1n) is 12.4. The fraction of sp³-hybridized carbons (Fsp3) is 0.267. The molecule has 4 aromatic rings. The molecule has 5 rings (SSSR count). The van der Waals surface area contributed by atoms with Crippen LogP contribution in [-0.4, -0.2) is 48.4 Å². The van der Waals surface area contributed by atoms with Gasteiger partial charge in [0, 0.05) is 23.5 Å². The zero-order chi connectivity index (χ0) is 25.1. The maximum Gasteiger partial charge on any atom is 0.254 e. The van der Waals surface area contributed by atoms with Crippen LogP contribution in [0.4, 0.5) is 0 Å². The smallest absolute Gasteiger partial charge is 0.254 e. The third-order valence-corrected chi connectivity index (χ3v) is 7.82. The topological polar surface area (TPSA) is 49.9 Å². The summed E-state index contributed by atoms with van der Waals surface area (Å²) in [6.45, 7) is 3.25. The van der Waals surface area contributed by atoms with Crippen molar-refractivity contribution in [3.8, 4) is 5.75 Å². The number of nitrogens with zero attached hydrogens (tertiary/aromatic N) is 2. The second kappa shape index (κ2) is 10.5. The van der Waals surface area contributed by atoms with E-state index in [1.165, 1.54) is 10.4 Å². The Morgan fingerprint density at radius 1 is 1.03 bits per heavy atom. The number of hydrogen-bond donors (Lipinski definition) is 0. The molecule has 0 fully saturated rings. The highest BCUT2D eigenvalue weighted by atomic mass is 32.1. The number of benzene rings is 3. The van der Waals surface area contributed by atoms with Gasteiger partial charge >= 0.3 is 0 Å². The number of fused-ring (bicyclic) bond motifs is 2. The molecular formula is C30H30N2O3S. The van der Waals surface area contributed by atoms with Gasteiger partial charge in [-0.05, 0) is 70.5 Å². The number of amides is 2. The van der Waals surface area contributed by atoms with Crippen LogP contribution in [0.3, 0.4) is 0 Å². The number of carbonyl (C=O) groups is 2. The molecule has 2 amide bonds. The number of methoxy groups -OCH3 is 1. The Kier molecular flexibility index (Phi) is 7.05. The van der Waals surface area contributed by atoms with Crippen molar-refractivity contribution < 1.29 is 14.3 Å². The standard InChI is InChI=1S/C30H30N2O3S/c1-3-16-31(30(34)24-9-8-21-6-4-5-7-23(21)19-24)20-28(33)32-17-14-27-26(15-18-36-27)29(32)22-10-12-25(35-2)13-11-22/h4-13,15,18-19,29H,3,14,16-17,20H2,1-2H3. The predicted molar refractivity (Wildman–Crippen MR) is 145 cm³/mol. The molecule has 1 unspecified atom stereocenters. The maximum absolute atomic E-state index is 13.8. The van der Waals surface area contributed by atoms with E-state index in [-0.39, 0.29) is 24.4 Å². The summed E-state index contributed by atoms with van der Waals surface area (Å²) in [4.78, 5) is 32.2. The molecular weight excluding hydrogens is 468 g/mol. The fourth-order valence-electron chi connectivity index (χ4n) is 5.01. The molecule has 5 nitrogen and oxygen atoms in total. The lowest BCUT2D eigenvalue weighted by Gasteiger charge is -2.37. The van der Waals surface area contributed by atoms with Crippen LogP contribution in [0.1, 0.15) is 45.7 Å². The van der Waals surface area contributed by atoms with Crippen LogP contribution in [0.5, 0.6) is 5.75 Å². The van der Waals surface area contributed by atoms with Crippen molar-refractivity contribution in [2.24, 2.45) is 0 Å². The van der Waals surface area contributed by atoms with Crippen LogP contribution in [0.25, 0.3) is 10.8 Å². The van der Waals surface area contributed by atoms with Gasteiger partial charge in [-0.3, -0.25) is 9.59 Å². The first-order valence-corrected chi connectivity index (χ1v) is 13.2. The van der Waals surface area contributed by atoms with Gasteiger partial charge in [0.05, 0.1) is 13.2 Å². The molecule has 1 atom stereocenters. The summed E-state index contributed by atoms with van der Waals surface area (Å²) in [6, 6.07) is 23.6. The Hall–Kier alpha value is -3.64. The van der Waals surface area contributed by atoms with E-state index in [9.17, 15) is 9.59 Å². The van der Waals surface area contributed by atoms with E-state index >= 15 is 0 Å². The number of rotatable bonds is 7. The number of carbonyl (C=O) groups excluding carboxylic acids is 2. The van der Waals surface area contributed by atoms with Crippen molar-refractivity contribution in [3.63, 3.8) is 0 Å². The average molecular weight is 499 g/mol. The van der Waals surface area contributed by atoms with E-state index < -0.39 is 0 Å². The molecule has 0 N–H and O–H groups in total. The maximum atomic E-state index is 13.8. The molecule has 0 spiro atoms. The van der Waals surface area contributed by atoms with Gasteiger partial charge in [0.15, 0.2) is 0 Å². The highest BCUT2D eigenvalue weighted by molar-refractivity contribution is 7.10. The van der Waals surface area contributed by atoms with Gasteiger partial charge in [-0.2, -0.15) is 0 Å². The molecule has 0 saturated heterocycles. The summed E-state index contributed by atoms with van der Waals surface area (Å²) in [5, 5.41) is 4.21. The summed E-state index contributed by atoms with van der Waals surface area (Å²) in [6.07, 6.45) is 1.61. The molecule has 1 aromatic heterocycles. The first kappa shape index (κ1) is 24.1. The minimum absolute atomic E-state index is 0.0322. The third kappa shape index (κ3) is 4.73. The van der Waals surface area contributed by atoms with Gasteiger partial charge in [-0.25, -0.2) is 0 Å². The normalized spacial score (nSPS) is 14.9. The van der Waals surface area contributed by atoms with Crippen molar-refractivity contribution >= 4 is 33.9 Å². The molecule has 0 radical (unpaired) electrons. The molecule has 184 valence electrons. The monoisotopic (exact) mass is 498 g/mol. The molecule has 3 aromatic carbocycles. The van der Waals surface area contributed by atoms with Crippen molar-refractivity contribution in [1.82, 2.24) is 9.80 Å². The van der Waals surface area contributed by atoms with Crippen LogP contribution < -0.4 is 4.74 Å². The number of ether oxygens (including phenoxy) is 1. The Labute approximate surface area is 215 Å². The van der Waals surface area contributed by atoms with Gasteiger partial charge in [0.2, 0.25) is 5.91 Å². The van der Waals surface area contributed by atoms with Crippen molar-refractivity contribution in [1.29, 1.82) is 0 Å².